The fraction of sp³-hybridized carbons (Fsp3) is 0.636. The number of hydrogen-bond donors (Lipinski definition) is 1. The average molecular weight is 267 g/mol. The highest BCUT2D eigenvalue weighted by Crippen LogP contribution is 2.09. The highest BCUT2D eigenvalue weighted by atomic mass is 16.6. The molecule has 8 nitrogen and oxygen atoms in total. The van der Waals surface area contributed by atoms with Crippen molar-refractivity contribution in [2.24, 2.45) is 0 Å². The van der Waals surface area contributed by atoms with E-state index >= 15 is 0 Å². The lowest BCUT2D eigenvalue weighted by Gasteiger charge is -2.31. The van der Waals surface area contributed by atoms with Crippen LogP contribution in [0.2, 0.25) is 0 Å². The van der Waals surface area contributed by atoms with Crippen LogP contribution >= 0.6 is 0 Å². The van der Waals surface area contributed by atoms with Gasteiger partial charge in [0.05, 0.1) is 4.92 Å². The van der Waals surface area contributed by atoms with Gasteiger partial charge in [-0.15, -0.1) is 0 Å². The number of rotatable bonds is 4. The molecule has 0 aromatic carbocycles. The Hall–Kier alpha value is -1.96. The highest BCUT2D eigenvalue weighted by molar-refractivity contribution is 5.76. The lowest BCUT2D eigenvalue weighted by Crippen LogP contribution is -2.51. The number of nitro groups is 1. The second-order valence-corrected chi connectivity index (χ2v) is 4.66. The van der Waals surface area contributed by atoms with Gasteiger partial charge >= 0.3 is 5.69 Å². The number of amides is 1. The van der Waals surface area contributed by atoms with Crippen molar-refractivity contribution in [1.82, 2.24) is 20.0 Å². The van der Waals surface area contributed by atoms with Crippen LogP contribution in [0.3, 0.4) is 0 Å². The molecule has 1 aliphatic heterocycles. The first-order chi connectivity index (χ1) is 9.06. The molecule has 1 aromatic heterocycles. The van der Waals surface area contributed by atoms with Crippen LogP contribution in [-0.4, -0.2) is 51.2 Å². The molecule has 1 fully saturated rings. The summed E-state index contributed by atoms with van der Waals surface area (Å²) in [5.74, 6) is 0.0616. The molecule has 1 amide bonds. The number of hydrogen-bond acceptors (Lipinski definition) is 5. The Morgan fingerprint density at radius 2 is 2.47 bits per heavy atom. The van der Waals surface area contributed by atoms with Crippen molar-refractivity contribution in [3.05, 3.63) is 22.5 Å². The van der Waals surface area contributed by atoms with Gasteiger partial charge in [0, 0.05) is 38.6 Å². The molecular formula is C11H17N5O3. The highest BCUT2D eigenvalue weighted by Gasteiger charge is 2.20. The molecule has 1 unspecified atom stereocenters. The van der Waals surface area contributed by atoms with Crippen LogP contribution in [0.1, 0.15) is 13.3 Å². The Kier molecular flexibility index (Phi) is 4.10. The van der Waals surface area contributed by atoms with Crippen LogP contribution in [0.25, 0.3) is 0 Å². The molecule has 1 atom stereocenters. The smallest absolute Gasteiger partial charge is 0.306 e. The van der Waals surface area contributed by atoms with E-state index in [1.54, 1.807) is 0 Å². The van der Waals surface area contributed by atoms with Crippen LogP contribution < -0.4 is 5.32 Å². The molecule has 0 spiro atoms. The Labute approximate surface area is 110 Å². The van der Waals surface area contributed by atoms with Gasteiger partial charge in [-0.05, 0) is 6.92 Å². The van der Waals surface area contributed by atoms with Gasteiger partial charge in [0.25, 0.3) is 0 Å². The quantitative estimate of drug-likeness (QED) is 0.612. The van der Waals surface area contributed by atoms with E-state index < -0.39 is 4.92 Å². The number of carbonyl (C=O) groups excluding carboxylic acids is 1. The van der Waals surface area contributed by atoms with Gasteiger partial charge in [0.1, 0.15) is 12.4 Å². The molecule has 2 heterocycles. The van der Waals surface area contributed by atoms with Gasteiger partial charge in [0.15, 0.2) is 0 Å². The summed E-state index contributed by atoms with van der Waals surface area (Å²) in [5, 5.41) is 17.6. The van der Waals surface area contributed by atoms with Gasteiger partial charge in [0.2, 0.25) is 5.91 Å². The van der Waals surface area contributed by atoms with E-state index in [0.29, 0.717) is 32.1 Å². The minimum Gasteiger partial charge on any atom is -0.340 e. The van der Waals surface area contributed by atoms with E-state index in [2.05, 4.69) is 10.4 Å². The normalized spacial score (nSPS) is 19.4. The first-order valence-electron chi connectivity index (χ1n) is 6.24. The summed E-state index contributed by atoms with van der Waals surface area (Å²) >= 11 is 0. The number of aryl methyl sites for hydroxylation is 1. The van der Waals surface area contributed by atoms with Crippen molar-refractivity contribution in [3.8, 4) is 0 Å². The van der Waals surface area contributed by atoms with Crippen molar-refractivity contribution in [2.75, 3.05) is 19.6 Å². The summed E-state index contributed by atoms with van der Waals surface area (Å²) in [4.78, 5) is 23.8. The van der Waals surface area contributed by atoms with E-state index in [-0.39, 0.29) is 11.6 Å². The summed E-state index contributed by atoms with van der Waals surface area (Å²) in [6.07, 6.45) is 2.84. The van der Waals surface area contributed by atoms with Gasteiger partial charge < -0.3 is 10.2 Å². The maximum Gasteiger partial charge on any atom is 0.306 e. The summed E-state index contributed by atoms with van der Waals surface area (Å²) in [7, 11) is 0. The maximum absolute atomic E-state index is 12.0. The lowest BCUT2D eigenvalue weighted by molar-refractivity contribution is -0.385. The zero-order chi connectivity index (χ0) is 13.8. The van der Waals surface area contributed by atoms with Gasteiger partial charge in [-0.25, -0.2) is 0 Å². The summed E-state index contributed by atoms with van der Waals surface area (Å²) in [6, 6.07) is 0.309. The largest absolute Gasteiger partial charge is 0.340 e. The maximum atomic E-state index is 12.0. The van der Waals surface area contributed by atoms with Crippen LogP contribution in [0, 0.1) is 10.1 Å². The molecule has 1 saturated heterocycles. The molecule has 0 saturated carbocycles. The predicted molar refractivity (Wildman–Crippen MR) is 67.5 cm³/mol. The lowest BCUT2D eigenvalue weighted by atomic mass is 10.2. The van der Waals surface area contributed by atoms with E-state index in [4.69, 9.17) is 0 Å². The number of nitrogens with one attached hydrogen (secondary N) is 1. The number of carbonyl (C=O) groups is 1. The monoisotopic (exact) mass is 267 g/mol. The Morgan fingerprint density at radius 1 is 1.68 bits per heavy atom. The topological polar surface area (TPSA) is 93.3 Å². The van der Waals surface area contributed by atoms with Crippen LogP contribution in [0.4, 0.5) is 5.69 Å². The van der Waals surface area contributed by atoms with Crippen LogP contribution in [0.15, 0.2) is 12.4 Å². The summed E-state index contributed by atoms with van der Waals surface area (Å²) < 4.78 is 1.43. The molecule has 19 heavy (non-hydrogen) atoms. The van der Waals surface area contributed by atoms with E-state index in [1.165, 1.54) is 17.1 Å². The molecule has 1 aliphatic rings. The van der Waals surface area contributed by atoms with Crippen molar-refractivity contribution in [1.29, 1.82) is 0 Å². The number of nitrogens with zero attached hydrogens (tertiary/aromatic N) is 4. The third kappa shape index (κ3) is 3.50. The fourth-order valence-corrected chi connectivity index (χ4v) is 2.10. The second kappa shape index (κ2) is 5.79. The van der Waals surface area contributed by atoms with Crippen molar-refractivity contribution < 1.29 is 9.72 Å². The SMILES string of the molecule is CC1CN(C(=O)CCn2cc([N+](=O)[O-])cn2)CCN1. The second-order valence-electron chi connectivity index (χ2n) is 4.66. The zero-order valence-corrected chi connectivity index (χ0v) is 10.8. The Bertz CT molecular complexity index is 473. The van der Waals surface area contributed by atoms with E-state index in [9.17, 15) is 14.9 Å². The fourth-order valence-electron chi connectivity index (χ4n) is 2.10. The third-order valence-corrected chi connectivity index (χ3v) is 3.11. The predicted octanol–water partition coefficient (Wildman–Crippen LogP) is 0.00170. The van der Waals surface area contributed by atoms with Gasteiger partial charge in [-0.3, -0.25) is 19.6 Å². The summed E-state index contributed by atoms with van der Waals surface area (Å²) in [6.45, 7) is 4.63. The first kappa shape index (κ1) is 13.5. The standard InChI is InChI=1S/C11H17N5O3/c1-9-7-14(5-3-12-9)11(17)2-4-15-8-10(6-13-15)16(18)19/h6,8-9,12H,2-5,7H2,1H3. The Morgan fingerprint density at radius 3 is 3.11 bits per heavy atom. The molecule has 8 heteroatoms. The molecule has 0 bridgehead atoms. The average Bonchev–Trinajstić information content (AvgIpc) is 2.85. The van der Waals surface area contributed by atoms with E-state index in [1.807, 2.05) is 11.8 Å². The first-order valence-corrected chi connectivity index (χ1v) is 6.24. The minimum atomic E-state index is -0.497. The molecule has 1 aromatic rings. The third-order valence-electron chi connectivity index (χ3n) is 3.11. The minimum absolute atomic E-state index is 0.0526. The molecular weight excluding hydrogens is 250 g/mol. The van der Waals surface area contributed by atoms with Crippen molar-refractivity contribution in [2.45, 2.75) is 25.9 Å². The number of aromatic nitrogens is 2. The van der Waals surface area contributed by atoms with Crippen LogP contribution in [-0.2, 0) is 11.3 Å². The van der Waals surface area contributed by atoms with Crippen molar-refractivity contribution >= 4 is 11.6 Å². The molecule has 0 radical (unpaired) electrons. The molecule has 2 rings (SSSR count). The molecule has 104 valence electrons. The Balaban J connectivity index is 1.84. The van der Waals surface area contributed by atoms with Gasteiger partial charge in [-0.1, -0.05) is 0 Å². The van der Waals surface area contributed by atoms with Gasteiger partial charge in [-0.2, -0.15) is 5.10 Å². The van der Waals surface area contributed by atoms with Crippen molar-refractivity contribution in [3.63, 3.8) is 0 Å². The molecule has 1 N–H and O–H groups in total. The zero-order valence-electron chi connectivity index (χ0n) is 10.8. The van der Waals surface area contributed by atoms with Crippen LogP contribution in [0.5, 0.6) is 0 Å². The number of piperazine rings is 1. The summed E-state index contributed by atoms with van der Waals surface area (Å²) in [5.41, 5.74) is -0.0526. The molecule has 0 aliphatic carbocycles. The van der Waals surface area contributed by atoms with E-state index in [0.717, 1.165) is 6.54 Å².